The molecular formula is C22H28FN5O2. The molecule has 3 atom stereocenters. The molecule has 1 amide bonds. The lowest BCUT2D eigenvalue weighted by molar-refractivity contribution is 0.100. The van der Waals surface area contributed by atoms with Gasteiger partial charge in [-0.2, -0.15) is 0 Å². The summed E-state index contributed by atoms with van der Waals surface area (Å²) in [6, 6.07) is 11.3. The average molecular weight is 413 g/mol. The number of hydrogen-bond acceptors (Lipinski definition) is 6. The molecule has 2 aromatic carbocycles. The first-order chi connectivity index (χ1) is 14.3. The molecule has 8 heteroatoms. The Labute approximate surface area is 175 Å². The summed E-state index contributed by atoms with van der Waals surface area (Å²) in [4.78, 5) is 11.8. The Balaban J connectivity index is 1.77. The van der Waals surface area contributed by atoms with Gasteiger partial charge in [0, 0.05) is 24.2 Å². The van der Waals surface area contributed by atoms with Crippen LogP contribution in [0.3, 0.4) is 0 Å². The topological polar surface area (TPSA) is 137 Å². The highest BCUT2D eigenvalue weighted by atomic mass is 19.1. The van der Waals surface area contributed by atoms with Crippen LogP contribution in [0.25, 0.3) is 0 Å². The zero-order chi connectivity index (χ0) is 21.7. The standard InChI is InChI=1S/C22H28FN5O2/c23-15-10-14(22(26)30)19(12-20(15)27-18-9-5-4-8-16(18)24)28-21(29)11-17(25)13-6-2-1-3-7-13/h1-3,6-7,10,12,16,18,21,25,27-29H,4-5,8-9,11,24H2,(H2,26,30)/t16-,18+,21?/m0/s1. The molecule has 160 valence electrons. The first kappa shape index (κ1) is 21.7. The van der Waals surface area contributed by atoms with Crippen LogP contribution in [-0.4, -0.2) is 35.0 Å². The van der Waals surface area contributed by atoms with Crippen LogP contribution in [-0.2, 0) is 0 Å². The van der Waals surface area contributed by atoms with E-state index in [0.717, 1.165) is 31.7 Å². The Bertz CT molecular complexity index is 906. The summed E-state index contributed by atoms with van der Waals surface area (Å²) in [5.74, 6) is -1.43. The summed E-state index contributed by atoms with van der Waals surface area (Å²) in [5, 5.41) is 24.5. The molecule has 7 nitrogen and oxygen atoms in total. The minimum Gasteiger partial charge on any atom is -0.378 e. The minimum absolute atomic E-state index is 0.00411. The molecule has 1 aliphatic rings. The Morgan fingerprint density at radius 3 is 2.57 bits per heavy atom. The first-order valence-corrected chi connectivity index (χ1v) is 10.1. The van der Waals surface area contributed by atoms with Crippen molar-refractivity contribution in [3.63, 3.8) is 0 Å². The van der Waals surface area contributed by atoms with Crippen molar-refractivity contribution in [1.82, 2.24) is 0 Å². The van der Waals surface area contributed by atoms with Gasteiger partial charge >= 0.3 is 0 Å². The summed E-state index contributed by atoms with van der Waals surface area (Å²) < 4.78 is 14.6. The molecular weight excluding hydrogens is 385 g/mol. The van der Waals surface area contributed by atoms with Crippen molar-refractivity contribution in [2.75, 3.05) is 10.6 Å². The number of benzene rings is 2. The molecule has 1 fully saturated rings. The van der Waals surface area contributed by atoms with Gasteiger partial charge < -0.3 is 32.6 Å². The van der Waals surface area contributed by atoms with Crippen molar-refractivity contribution < 1.29 is 14.3 Å². The number of rotatable bonds is 8. The highest BCUT2D eigenvalue weighted by Gasteiger charge is 2.24. The maximum atomic E-state index is 14.6. The predicted octanol–water partition coefficient (Wildman–Crippen LogP) is 2.79. The number of nitrogens with one attached hydrogen (secondary N) is 3. The highest BCUT2D eigenvalue weighted by Crippen LogP contribution is 2.28. The molecule has 0 aliphatic heterocycles. The van der Waals surface area contributed by atoms with E-state index in [1.54, 1.807) is 12.1 Å². The average Bonchev–Trinajstić information content (AvgIpc) is 2.72. The van der Waals surface area contributed by atoms with Crippen LogP contribution >= 0.6 is 0 Å². The number of amides is 1. The van der Waals surface area contributed by atoms with Crippen LogP contribution in [0.15, 0.2) is 42.5 Å². The predicted molar refractivity (Wildman–Crippen MR) is 116 cm³/mol. The maximum Gasteiger partial charge on any atom is 0.250 e. The van der Waals surface area contributed by atoms with Crippen LogP contribution in [0.2, 0.25) is 0 Å². The van der Waals surface area contributed by atoms with Crippen LogP contribution < -0.4 is 22.1 Å². The van der Waals surface area contributed by atoms with E-state index in [4.69, 9.17) is 16.9 Å². The number of halogens is 1. The number of aliphatic hydroxyl groups excluding tert-OH is 1. The normalized spacial score (nSPS) is 19.7. The second kappa shape index (κ2) is 9.69. The molecule has 0 heterocycles. The number of primary amides is 1. The van der Waals surface area contributed by atoms with Crippen molar-refractivity contribution in [2.24, 2.45) is 11.5 Å². The zero-order valence-electron chi connectivity index (χ0n) is 16.7. The van der Waals surface area contributed by atoms with Gasteiger partial charge in [0.15, 0.2) is 0 Å². The quantitative estimate of drug-likeness (QED) is 0.292. The number of carbonyl (C=O) groups excluding carboxylic acids is 1. The van der Waals surface area contributed by atoms with Crippen LogP contribution in [0, 0.1) is 11.2 Å². The third-order valence-electron chi connectivity index (χ3n) is 5.37. The molecule has 0 saturated heterocycles. The Morgan fingerprint density at radius 2 is 1.90 bits per heavy atom. The van der Waals surface area contributed by atoms with Gasteiger partial charge in [-0.25, -0.2) is 4.39 Å². The lowest BCUT2D eigenvalue weighted by Gasteiger charge is -2.30. The Hall–Kier alpha value is -2.97. The van der Waals surface area contributed by atoms with Gasteiger partial charge in [0.05, 0.1) is 16.9 Å². The third-order valence-corrected chi connectivity index (χ3v) is 5.37. The molecule has 30 heavy (non-hydrogen) atoms. The number of nitrogens with two attached hydrogens (primary N) is 2. The monoisotopic (exact) mass is 413 g/mol. The van der Waals surface area contributed by atoms with Crippen molar-refractivity contribution in [3.05, 3.63) is 59.4 Å². The van der Waals surface area contributed by atoms with Gasteiger partial charge in [0.2, 0.25) is 0 Å². The number of anilines is 2. The molecule has 0 bridgehead atoms. The second-order valence-corrected chi connectivity index (χ2v) is 7.65. The van der Waals surface area contributed by atoms with E-state index in [9.17, 15) is 14.3 Å². The third kappa shape index (κ3) is 5.34. The zero-order valence-corrected chi connectivity index (χ0v) is 16.7. The maximum absolute atomic E-state index is 14.6. The molecule has 1 aliphatic carbocycles. The summed E-state index contributed by atoms with van der Waals surface area (Å²) in [6.07, 6.45) is 2.59. The van der Waals surface area contributed by atoms with E-state index in [2.05, 4.69) is 10.6 Å². The van der Waals surface area contributed by atoms with Gasteiger partial charge in [-0.3, -0.25) is 4.79 Å². The highest BCUT2D eigenvalue weighted by molar-refractivity contribution is 6.00. The van der Waals surface area contributed by atoms with Crippen molar-refractivity contribution in [3.8, 4) is 0 Å². The van der Waals surface area contributed by atoms with Gasteiger partial charge in [0.1, 0.15) is 12.0 Å². The van der Waals surface area contributed by atoms with Gasteiger partial charge in [-0.1, -0.05) is 43.2 Å². The summed E-state index contributed by atoms with van der Waals surface area (Å²) in [7, 11) is 0. The second-order valence-electron chi connectivity index (χ2n) is 7.65. The minimum atomic E-state index is -1.16. The summed E-state index contributed by atoms with van der Waals surface area (Å²) >= 11 is 0. The van der Waals surface area contributed by atoms with Gasteiger partial charge in [-0.05, 0) is 30.5 Å². The number of aliphatic hydroxyl groups is 1. The van der Waals surface area contributed by atoms with E-state index < -0.39 is 18.0 Å². The molecule has 0 radical (unpaired) electrons. The van der Waals surface area contributed by atoms with Crippen LogP contribution in [0.5, 0.6) is 0 Å². The van der Waals surface area contributed by atoms with E-state index in [1.165, 1.54) is 6.07 Å². The molecule has 1 saturated carbocycles. The Morgan fingerprint density at radius 1 is 1.20 bits per heavy atom. The van der Waals surface area contributed by atoms with E-state index in [0.29, 0.717) is 5.56 Å². The van der Waals surface area contributed by atoms with Crippen LogP contribution in [0.4, 0.5) is 15.8 Å². The van der Waals surface area contributed by atoms with E-state index in [1.807, 2.05) is 18.2 Å². The lowest BCUT2D eigenvalue weighted by Crippen LogP contribution is -2.42. The van der Waals surface area contributed by atoms with Gasteiger partial charge in [0.25, 0.3) is 5.91 Å². The van der Waals surface area contributed by atoms with E-state index in [-0.39, 0.29) is 41.2 Å². The van der Waals surface area contributed by atoms with Crippen molar-refractivity contribution in [2.45, 2.75) is 50.4 Å². The van der Waals surface area contributed by atoms with E-state index >= 15 is 0 Å². The largest absolute Gasteiger partial charge is 0.378 e. The molecule has 3 rings (SSSR count). The fourth-order valence-corrected chi connectivity index (χ4v) is 3.73. The molecule has 2 aromatic rings. The molecule has 0 spiro atoms. The molecule has 1 unspecified atom stereocenters. The lowest BCUT2D eigenvalue weighted by atomic mass is 9.91. The van der Waals surface area contributed by atoms with Gasteiger partial charge in [-0.15, -0.1) is 0 Å². The van der Waals surface area contributed by atoms with Crippen molar-refractivity contribution in [1.29, 1.82) is 5.41 Å². The number of hydrogen-bond donors (Lipinski definition) is 6. The van der Waals surface area contributed by atoms with Crippen LogP contribution in [0.1, 0.15) is 48.0 Å². The Kier molecular flexibility index (Phi) is 7.02. The fraction of sp³-hybridized carbons (Fsp3) is 0.364. The number of carbonyl (C=O) groups is 1. The fourth-order valence-electron chi connectivity index (χ4n) is 3.73. The molecule has 0 aromatic heterocycles. The molecule has 8 N–H and O–H groups in total. The SMILES string of the molecule is N=C(CC(O)Nc1cc(N[C@@H]2CCCC[C@@H]2N)c(F)cc1C(N)=O)c1ccccc1. The first-order valence-electron chi connectivity index (χ1n) is 10.1. The summed E-state index contributed by atoms with van der Waals surface area (Å²) in [5.41, 5.74) is 12.8. The smallest absolute Gasteiger partial charge is 0.250 e. The summed E-state index contributed by atoms with van der Waals surface area (Å²) in [6.45, 7) is 0. The van der Waals surface area contributed by atoms with Crippen molar-refractivity contribution >= 4 is 23.0 Å².